The molecule has 0 saturated heterocycles. The van der Waals surface area contributed by atoms with Crippen LogP contribution in [-0.2, 0) is 9.53 Å². The highest BCUT2D eigenvalue weighted by atomic mass is 16.6. The van der Waals surface area contributed by atoms with E-state index in [4.69, 9.17) is 9.47 Å². The van der Waals surface area contributed by atoms with Gasteiger partial charge in [0.05, 0.1) is 0 Å². The molecule has 0 amide bonds. The third kappa shape index (κ3) is 4.98. The molecule has 1 fully saturated rings. The molecule has 1 unspecified atom stereocenters. The van der Waals surface area contributed by atoms with Gasteiger partial charge < -0.3 is 9.47 Å². The Morgan fingerprint density at radius 1 is 1.13 bits per heavy atom. The largest absolute Gasteiger partial charge is 0.482 e. The fourth-order valence-corrected chi connectivity index (χ4v) is 3.27. The van der Waals surface area contributed by atoms with Crippen LogP contribution in [0.15, 0.2) is 24.3 Å². The second-order valence-electron chi connectivity index (χ2n) is 6.74. The van der Waals surface area contributed by atoms with Crippen molar-refractivity contribution in [1.29, 1.82) is 0 Å². The van der Waals surface area contributed by atoms with E-state index in [9.17, 15) is 4.79 Å². The number of carbonyl (C=O) groups is 1. The molecule has 0 radical (unpaired) electrons. The minimum absolute atomic E-state index is 0.00950. The predicted octanol–water partition coefficient (Wildman–Crippen LogP) is 5.24. The van der Waals surface area contributed by atoms with Crippen LogP contribution in [0.1, 0.15) is 77.2 Å². The summed E-state index contributed by atoms with van der Waals surface area (Å²) in [6, 6.07) is 8.02. The zero-order valence-electron chi connectivity index (χ0n) is 14.8. The van der Waals surface area contributed by atoms with Crippen molar-refractivity contribution < 1.29 is 14.3 Å². The van der Waals surface area contributed by atoms with E-state index in [-0.39, 0.29) is 18.2 Å². The predicted molar refractivity (Wildman–Crippen MR) is 92.8 cm³/mol. The van der Waals surface area contributed by atoms with Crippen molar-refractivity contribution in [2.24, 2.45) is 0 Å². The van der Waals surface area contributed by atoms with Gasteiger partial charge in [-0.05, 0) is 62.1 Å². The monoisotopic (exact) mass is 318 g/mol. The smallest absolute Gasteiger partial charge is 0.344 e. The zero-order chi connectivity index (χ0) is 16.7. The molecule has 0 heterocycles. The van der Waals surface area contributed by atoms with Gasteiger partial charge in [0.1, 0.15) is 11.4 Å². The van der Waals surface area contributed by atoms with Crippen LogP contribution in [0, 0.1) is 0 Å². The third-order valence-corrected chi connectivity index (χ3v) is 5.16. The molecule has 1 aliphatic rings. The molecular formula is C20H30O3. The highest BCUT2D eigenvalue weighted by Gasteiger charge is 2.34. The summed E-state index contributed by atoms with van der Waals surface area (Å²) in [6.07, 6.45) is 7.53. The van der Waals surface area contributed by atoms with Gasteiger partial charge in [-0.1, -0.05) is 39.3 Å². The fourth-order valence-electron chi connectivity index (χ4n) is 3.27. The topological polar surface area (TPSA) is 35.5 Å². The zero-order valence-corrected chi connectivity index (χ0v) is 14.8. The Labute approximate surface area is 140 Å². The lowest BCUT2D eigenvalue weighted by Gasteiger charge is -2.35. The quantitative estimate of drug-likeness (QED) is 0.645. The summed E-state index contributed by atoms with van der Waals surface area (Å²) < 4.78 is 11.4. The number of benzene rings is 1. The Bertz CT molecular complexity index is 486. The molecule has 0 spiro atoms. The van der Waals surface area contributed by atoms with Crippen LogP contribution in [0.4, 0.5) is 0 Å². The molecule has 1 aliphatic carbocycles. The van der Waals surface area contributed by atoms with E-state index in [1.54, 1.807) is 0 Å². The van der Waals surface area contributed by atoms with Gasteiger partial charge in [0.25, 0.3) is 0 Å². The highest BCUT2D eigenvalue weighted by molar-refractivity contribution is 5.71. The molecule has 0 N–H and O–H groups in total. The summed E-state index contributed by atoms with van der Waals surface area (Å²) in [5.41, 5.74) is 1.05. The van der Waals surface area contributed by atoms with Gasteiger partial charge in [0.15, 0.2) is 6.61 Å². The number of hydrogen-bond donors (Lipinski definition) is 0. The third-order valence-electron chi connectivity index (χ3n) is 5.16. The maximum absolute atomic E-state index is 12.1. The highest BCUT2D eigenvalue weighted by Crippen LogP contribution is 2.34. The number of carbonyl (C=O) groups excluding carboxylic acids is 1. The van der Waals surface area contributed by atoms with Crippen LogP contribution >= 0.6 is 0 Å². The normalized spacial score (nSPS) is 18.2. The van der Waals surface area contributed by atoms with Gasteiger partial charge in [0, 0.05) is 0 Å². The van der Waals surface area contributed by atoms with Crippen molar-refractivity contribution in [1.82, 2.24) is 0 Å². The SMILES string of the molecule is CCC(C)c1ccc(OCC(=O)OC2(CC)CCCCC2)cc1. The van der Waals surface area contributed by atoms with Crippen molar-refractivity contribution in [3.05, 3.63) is 29.8 Å². The van der Waals surface area contributed by atoms with E-state index < -0.39 is 0 Å². The van der Waals surface area contributed by atoms with E-state index in [1.807, 2.05) is 12.1 Å². The molecule has 1 saturated carbocycles. The van der Waals surface area contributed by atoms with Gasteiger partial charge in [-0.15, -0.1) is 0 Å². The average Bonchev–Trinajstić information content (AvgIpc) is 2.60. The first-order valence-corrected chi connectivity index (χ1v) is 9.03. The molecule has 23 heavy (non-hydrogen) atoms. The number of ether oxygens (including phenoxy) is 2. The molecule has 0 aliphatic heterocycles. The van der Waals surface area contributed by atoms with Crippen LogP contribution in [0.5, 0.6) is 5.75 Å². The maximum Gasteiger partial charge on any atom is 0.344 e. The molecule has 3 nitrogen and oxygen atoms in total. The summed E-state index contributed by atoms with van der Waals surface area (Å²) >= 11 is 0. The first-order valence-electron chi connectivity index (χ1n) is 9.03. The molecule has 3 heteroatoms. The van der Waals surface area contributed by atoms with Crippen molar-refractivity contribution in [3.8, 4) is 5.75 Å². The summed E-state index contributed by atoms with van der Waals surface area (Å²) in [5.74, 6) is 1.02. The number of hydrogen-bond acceptors (Lipinski definition) is 3. The lowest BCUT2D eigenvalue weighted by molar-refractivity contribution is -0.166. The lowest BCUT2D eigenvalue weighted by Crippen LogP contribution is -2.38. The Hall–Kier alpha value is -1.51. The van der Waals surface area contributed by atoms with E-state index in [1.165, 1.54) is 12.0 Å². The molecule has 1 aromatic rings. The fraction of sp³-hybridized carbons (Fsp3) is 0.650. The Morgan fingerprint density at radius 2 is 1.78 bits per heavy atom. The van der Waals surface area contributed by atoms with E-state index >= 15 is 0 Å². The number of esters is 1. The minimum Gasteiger partial charge on any atom is -0.482 e. The van der Waals surface area contributed by atoms with Crippen LogP contribution in [0.2, 0.25) is 0 Å². The van der Waals surface area contributed by atoms with E-state index in [0.29, 0.717) is 5.92 Å². The first-order chi connectivity index (χ1) is 11.1. The molecule has 0 aromatic heterocycles. The maximum atomic E-state index is 12.1. The summed E-state index contributed by atoms with van der Waals surface area (Å²) in [4.78, 5) is 12.1. The van der Waals surface area contributed by atoms with Gasteiger partial charge >= 0.3 is 5.97 Å². The lowest BCUT2D eigenvalue weighted by atomic mass is 9.83. The molecule has 1 atom stereocenters. The summed E-state index contributed by atoms with van der Waals surface area (Å²) in [6.45, 7) is 6.49. The molecule has 0 bridgehead atoms. The van der Waals surface area contributed by atoms with Crippen LogP contribution in [0.3, 0.4) is 0 Å². The molecular weight excluding hydrogens is 288 g/mol. The van der Waals surface area contributed by atoms with Crippen molar-refractivity contribution >= 4 is 5.97 Å². The Kier molecular flexibility index (Phi) is 6.49. The van der Waals surface area contributed by atoms with Crippen molar-refractivity contribution in [2.75, 3.05) is 6.61 Å². The Morgan fingerprint density at radius 3 is 2.35 bits per heavy atom. The van der Waals surface area contributed by atoms with Crippen LogP contribution < -0.4 is 4.74 Å². The second-order valence-corrected chi connectivity index (χ2v) is 6.74. The van der Waals surface area contributed by atoms with Gasteiger partial charge in [-0.2, -0.15) is 0 Å². The molecule has 128 valence electrons. The minimum atomic E-state index is -0.251. The van der Waals surface area contributed by atoms with E-state index in [0.717, 1.165) is 44.3 Å². The summed E-state index contributed by atoms with van der Waals surface area (Å²) in [7, 11) is 0. The van der Waals surface area contributed by atoms with Gasteiger partial charge in [-0.25, -0.2) is 4.79 Å². The summed E-state index contributed by atoms with van der Waals surface area (Å²) in [5, 5.41) is 0. The van der Waals surface area contributed by atoms with E-state index in [2.05, 4.69) is 32.9 Å². The average molecular weight is 318 g/mol. The first kappa shape index (κ1) is 17.8. The second kappa shape index (κ2) is 8.37. The van der Waals surface area contributed by atoms with Gasteiger partial charge in [-0.3, -0.25) is 0 Å². The van der Waals surface area contributed by atoms with Crippen LogP contribution in [-0.4, -0.2) is 18.2 Å². The van der Waals surface area contributed by atoms with Crippen LogP contribution in [0.25, 0.3) is 0 Å². The molecule has 2 rings (SSSR count). The van der Waals surface area contributed by atoms with Gasteiger partial charge in [0.2, 0.25) is 0 Å². The standard InChI is InChI=1S/C20H30O3/c1-4-16(3)17-9-11-18(12-10-17)22-15-19(21)23-20(5-2)13-7-6-8-14-20/h9-12,16H,4-8,13-15H2,1-3H3. The number of rotatable bonds is 7. The Balaban J connectivity index is 1.84. The van der Waals surface area contributed by atoms with Crippen molar-refractivity contribution in [3.63, 3.8) is 0 Å². The molecule has 1 aromatic carbocycles. The van der Waals surface area contributed by atoms with Crippen molar-refractivity contribution in [2.45, 2.75) is 77.2 Å².